The number of carbonyl (C=O) groups is 1. The van der Waals surface area contributed by atoms with Crippen LogP contribution in [0.1, 0.15) is 33.6 Å². The van der Waals surface area contributed by atoms with E-state index in [1.165, 1.54) is 0 Å². The van der Waals surface area contributed by atoms with Gasteiger partial charge in [0.15, 0.2) is 0 Å². The molecule has 0 saturated carbocycles. The van der Waals surface area contributed by atoms with E-state index in [0.29, 0.717) is 6.42 Å². The van der Waals surface area contributed by atoms with Gasteiger partial charge in [-0.05, 0) is 11.8 Å². The molecule has 0 saturated heterocycles. The molecule has 0 fully saturated rings. The highest BCUT2D eigenvalue weighted by Gasteiger charge is 2.23. The normalized spacial score (nSPS) is 14.9. The lowest BCUT2D eigenvalue weighted by Crippen LogP contribution is -2.42. The predicted molar refractivity (Wildman–Crippen MR) is 56.4 cm³/mol. The van der Waals surface area contributed by atoms with Crippen molar-refractivity contribution in [2.45, 2.75) is 39.7 Å². The average Bonchev–Trinajstić information content (AvgIpc) is 1.73. The van der Waals surface area contributed by atoms with Crippen LogP contribution in [0.15, 0.2) is 0 Å². The zero-order valence-corrected chi connectivity index (χ0v) is 9.97. The third-order valence-corrected chi connectivity index (χ3v) is 2.27. The van der Waals surface area contributed by atoms with Crippen molar-refractivity contribution in [2.75, 3.05) is 0 Å². The molecule has 0 aliphatic carbocycles. The number of aliphatic carboxylic acids is 1. The van der Waals surface area contributed by atoms with Gasteiger partial charge in [0.2, 0.25) is 0 Å². The lowest BCUT2D eigenvalue weighted by molar-refractivity contribution is -0.137. The number of rotatable bonds is 5. The highest BCUT2D eigenvalue weighted by Crippen LogP contribution is 2.22. The molecule has 0 heterocycles. The van der Waals surface area contributed by atoms with Gasteiger partial charge in [-0.1, -0.05) is 20.8 Å². The molecule has 0 aromatic carbocycles. The molecule has 0 aliphatic heterocycles. The Morgan fingerprint density at radius 3 is 2.20 bits per heavy atom. The quantitative estimate of drug-likeness (QED) is 0.629. The second kappa shape index (κ2) is 4.91. The van der Waals surface area contributed by atoms with Crippen LogP contribution in [0.2, 0.25) is 0 Å². The van der Waals surface area contributed by atoms with Crippen LogP contribution in [0.4, 0.5) is 0 Å². The van der Waals surface area contributed by atoms with Crippen LogP contribution in [0, 0.1) is 5.41 Å². The van der Waals surface area contributed by atoms with E-state index in [-0.39, 0.29) is 11.8 Å². The number of hydrogen-bond acceptors (Lipinski definition) is 3. The first-order valence-electron chi connectivity index (χ1n) is 4.51. The maximum absolute atomic E-state index is 10.8. The highest BCUT2D eigenvalue weighted by atomic mass is 32.2. The summed E-state index contributed by atoms with van der Waals surface area (Å²) >= 11 is 0. The summed E-state index contributed by atoms with van der Waals surface area (Å²) in [6.45, 7) is 5.69. The minimum Gasteiger partial charge on any atom is -0.481 e. The Morgan fingerprint density at radius 2 is 1.93 bits per heavy atom. The van der Waals surface area contributed by atoms with Crippen molar-refractivity contribution < 1.29 is 18.3 Å². The summed E-state index contributed by atoms with van der Waals surface area (Å²) in [4.78, 5) is 10.5. The minimum absolute atomic E-state index is 0.169. The maximum Gasteiger partial charge on any atom is 0.304 e. The summed E-state index contributed by atoms with van der Waals surface area (Å²) in [7, 11) is -3.85. The second-order valence-electron chi connectivity index (χ2n) is 4.72. The van der Waals surface area contributed by atoms with Crippen LogP contribution in [-0.4, -0.2) is 25.5 Å². The molecule has 7 heteroatoms. The minimum atomic E-state index is -3.85. The fourth-order valence-corrected chi connectivity index (χ4v) is 1.97. The van der Waals surface area contributed by atoms with Gasteiger partial charge in [-0.3, -0.25) is 4.79 Å². The molecule has 4 N–H and O–H groups in total. The van der Waals surface area contributed by atoms with Crippen LogP contribution in [-0.2, 0) is 15.0 Å². The van der Waals surface area contributed by atoms with E-state index in [1.807, 2.05) is 20.8 Å². The number of carboxylic acids is 1. The lowest BCUT2D eigenvalue weighted by atomic mass is 9.87. The molecular weight excluding hydrogens is 220 g/mol. The standard InChI is InChI=1S/C8H18N2O4S/c1-8(2,3)5-6(4-7(11)12)10-15(9,13)14/h6,10H,4-5H2,1-3H3,(H,11,12)(H2,9,13,14). The summed E-state index contributed by atoms with van der Waals surface area (Å²) in [6.07, 6.45) is 0.142. The Kier molecular flexibility index (Phi) is 4.69. The molecule has 0 bridgehead atoms. The van der Waals surface area contributed by atoms with Crippen molar-refractivity contribution >= 4 is 16.2 Å². The molecule has 90 valence electrons. The summed E-state index contributed by atoms with van der Waals surface area (Å²) in [5, 5.41) is 13.4. The molecule has 0 rings (SSSR count). The van der Waals surface area contributed by atoms with Crippen molar-refractivity contribution in [3.63, 3.8) is 0 Å². The summed E-state index contributed by atoms with van der Waals surface area (Å²) in [6, 6.07) is -0.669. The Morgan fingerprint density at radius 1 is 1.47 bits per heavy atom. The SMILES string of the molecule is CC(C)(C)CC(CC(=O)O)NS(N)(=O)=O. The van der Waals surface area contributed by atoms with E-state index in [0.717, 1.165) is 0 Å². The van der Waals surface area contributed by atoms with Crippen molar-refractivity contribution in [1.29, 1.82) is 0 Å². The van der Waals surface area contributed by atoms with Crippen LogP contribution in [0.3, 0.4) is 0 Å². The summed E-state index contributed by atoms with van der Waals surface area (Å²) in [5.74, 6) is -1.06. The van der Waals surface area contributed by atoms with Crippen molar-refractivity contribution in [2.24, 2.45) is 10.6 Å². The van der Waals surface area contributed by atoms with Crippen molar-refractivity contribution in [3.05, 3.63) is 0 Å². The van der Waals surface area contributed by atoms with Gasteiger partial charge < -0.3 is 5.11 Å². The van der Waals surface area contributed by atoms with E-state index in [9.17, 15) is 13.2 Å². The Balaban J connectivity index is 4.53. The van der Waals surface area contributed by atoms with Crippen LogP contribution in [0.5, 0.6) is 0 Å². The van der Waals surface area contributed by atoms with E-state index < -0.39 is 22.2 Å². The zero-order valence-electron chi connectivity index (χ0n) is 9.15. The highest BCUT2D eigenvalue weighted by molar-refractivity contribution is 7.87. The fourth-order valence-electron chi connectivity index (χ4n) is 1.34. The summed E-state index contributed by atoms with van der Waals surface area (Å²) in [5.41, 5.74) is -0.169. The molecule has 1 unspecified atom stereocenters. The first kappa shape index (κ1) is 14.3. The molecule has 15 heavy (non-hydrogen) atoms. The van der Waals surface area contributed by atoms with E-state index >= 15 is 0 Å². The Bertz CT molecular complexity index is 318. The topological polar surface area (TPSA) is 109 Å². The van der Waals surface area contributed by atoms with Crippen molar-refractivity contribution in [1.82, 2.24) is 4.72 Å². The average molecular weight is 238 g/mol. The van der Waals surface area contributed by atoms with Gasteiger partial charge in [-0.15, -0.1) is 0 Å². The number of hydrogen-bond donors (Lipinski definition) is 3. The Hall–Kier alpha value is -0.660. The molecule has 6 nitrogen and oxygen atoms in total. The van der Waals surface area contributed by atoms with Gasteiger partial charge in [-0.25, -0.2) is 5.14 Å². The third-order valence-electron chi connectivity index (χ3n) is 1.61. The Labute approximate surface area is 90.0 Å². The molecule has 0 radical (unpaired) electrons. The molecule has 0 amide bonds. The van der Waals surface area contributed by atoms with Gasteiger partial charge in [0, 0.05) is 6.04 Å². The van der Waals surface area contributed by atoms with E-state index in [2.05, 4.69) is 4.72 Å². The first-order valence-corrected chi connectivity index (χ1v) is 6.06. The molecule has 0 aromatic rings. The van der Waals surface area contributed by atoms with E-state index in [4.69, 9.17) is 10.2 Å². The molecular formula is C8H18N2O4S. The molecule has 0 spiro atoms. The third kappa shape index (κ3) is 9.64. The van der Waals surface area contributed by atoms with Crippen LogP contribution < -0.4 is 9.86 Å². The monoisotopic (exact) mass is 238 g/mol. The van der Waals surface area contributed by atoms with Gasteiger partial charge in [0.05, 0.1) is 6.42 Å². The largest absolute Gasteiger partial charge is 0.481 e. The molecule has 1 atom stereocenters. The smallest absolute Gasteiger partial charge is 0.304 e. The van der Waals surface area contributed by atoms with Gasteiger partial charge >= 0.3 is 5.97 Å². The van der Waals surface area contributed by atoms with Gasteiger partial charge in [-0.2, -0.15) is 13.1 Å². The molecule has 0 aliphatic rings. The molecule has 0 aromatic heterocycles. The number of nitrogens with one attached hydrogen (secondary N) is 1. The fraction of sp³-hybridized carbons (Fsp3) is 0.875. The van der Waals surface area contributed by atoms with Crippen LogP contribution in [0.25, 0.3) is 0 Å². The van der Waals surface area contributed by atoms with E-state index in [1.54, 1.807) is 0 Å². The lowest BCUT2D eigenvalue weighted by Gasteiger charge is -2.24. The number of nitrogens with two attached hydrogens (primary N) is 1. The second-order valence-corrected chi connectivity index (χ2v) is 6.05. The maximum atomic E-state index is 10.8. The first-order chi connectivity index (χ1) is 6.49. The number of carboxylic acid groups (broad SMARTS) is 1. The predicted octanol–water partition coefficient (Wildman–Crippen LogP) is 0.0590. The van der Waals surface area contributed by atoms with Crippen molar-refractivity contribution in [3.8, 4) is 0 Å². The summed E-state index contributed by atoms with van der Waals surface area (Å²) < 4.78 is 23.7. The zero-order chi connectivity index (χ0) is 12.3. The van der Waals surface area contributed by atoms with Gasteiger partial charge in [0.25, 0.3) is 10.2 Å². The van der Waals surface area contributed by atoms with Gasteiger partial charge in [0.1, 0.15) is 0 Å². The van der Waals surface area contributed by atoms with Crippen LogP contribution >= 0.6 is 0 Å².